The first kappa shape index (κ1) is 17.4. The van der Waals surface area contributed by atoms with Crippen molar-refractivity contribution in [1.29, 1.82) is 0 Å². The summed E-state index contributed by atoms with van der Waals surface area (Å²) in [6.07, 6.45) is 6.46. The standard InChI is InChI=1S/C17H30N2O2Si/c1-17(2,3)22(4,5)21-12-8-11-19-15-9-6-7-10-16(20)14(15)13-18-19/h13H,6-12H2,1-5H3. The molecule has 1 aromatic rings. The molecule has 1 aliphatic rings. The lowest BCUT2D eigenvalue weighted by Crippen LogP contribution is -2.41. The van der Waals surface area contributed by atoms with Crippen molar-refractivity contribution in [2.45, 2.75) is 77.6 Å². The number of nitrogens with zero attached hydrogens (tertiary/aromatic N) is 2. The zero-order chi connectivity index (χ0) is 16.4. The molecule has 2 rings (SSSR count). The minimum Gasteiger partial charge on any atom is -0.417 e. The van der Waals surface area contributed by atoms with E-state index >= 15 is 0 Å². The summed E-state index contributed by atoms with van der Waals surface area (Å²) in [5.41, 5.74) is 1.98. The third kappa shape index (κ3) is 3.87. The molecular formula is C17H30N2O2Si. The minimum absolute atomic E-state index is 0.252. The predicted molar refractivity (Wildman–Crippen MR) is 91.9 cm³/mol. The van der Waals surface area contributed by atoms with Crippen LogP contribution in [0.15, 0.2) is 6.20 Å². The van der Waals surface area contributed by atoms with Crippen molar-refractivity contribution < 1.29 is 9.22 Å². The van der Waals surface area contributed by atoms with Gasteiger partial charge >= 0.3 is 0 Å². The number of hydrogen-bond donors (Lipinski definition) is 0. The van der Waals surface area contributed by atoms with Gasteiger partial charge in [-0.15, -0.1) is 0 Å². The fourth-order valence-electron chi connectivity index (χ4n) is 2.57. The Labute approximate surface area is 135 Å². The number of Topliss-reactive ketones (excluding diaryl/α,β-unsaturated/α-hetero) is 1. The highest BCUT2D eigenvalue weighted by Gasteiger charge is 2.36. The second-order valence-electron chi connectivity index (χ2n) is 7.82. The van der Waals surface area contributed by atoms with Gasteiger partial charge in [0.05, 0.1) is 11.8 Å². The van der Waals surface area contributed by atoms with E-state index in [4.69, 9.17) is 4.43 Å². The van der Waals surface area contributed by atoms with Gasteiger partial charge in [-0.25, -0.2) is 0 Å². The van der Waals surface area contributed by atoms with Gasteiger partial charge in [0.25, 0.3) is 0 Å². The Hall–Kier alpha value is -0.943. The molecule has 4 nitrogen and oxygen atoms in total. The van der Waals surface area contributed by atoms with E-state index in [0.29, 0.717) is 6.42 Å². The van der Waals surface area contributed by atoms with Gasteiger partial charge in [0, 0.05) is 25.3 Å². The smallest absolute Gasteiger partial charge is 0.191 e. The van der Waals surface area contributed by atoms with Crippen LogP contribution in [0, 0.1) is 0 Å². The Bertz CT molecular complexity index is 529. The third-order valence-electron chi connectivity index (χ3n) is 5.10. The van der Waals surface area contributed by atoms with E-state index in [1.165, 1.54) is 0 Å². The molecule has 0 radical (unpaired) electrons. The highest BCUT2D eigenvalue weighted by molar-refractivity contribution is 6.74. The molecule has 5 heteroatoms. The van der Waals surface area contributed by atoms with E-state index in [0.717, 1.165) is 50.1 Å². The molecule has 0 saturated heterocycles. The van der Waals surface area contributed by atoms with Crippen molar-refractivity contribution in [2.24, 2.45) is 0 Å². The van der Waals surface area contributed by atoms with Crippen LogP contribution in [0.4, 0.5) is 0 Å². The number of fused-ring (bicyclic) bond motifs is 1. The Morgan fingerprint density at radius 1 is 1.27 bits per heavy atom. The fourth-order valence-corrected chi connectivity index (χ4v) is 3.66. The zero-order valence-electron chi connectivity index (χ0n) is 14.7. The third-order valence-corrected chi connectivity index (χ3v) is 9.64. The van der Waals surface area contributed by atoms with Crippen LogP contribution in [0.25, 0.3) is 0 Å². The first-order valence-corrected chi connectivity index (χ1v) is 11.3. The van der Waals surface area contributed by atoms with Crippen LogP contribution < -0.4 is 0 Å². The average molecular weight is 323 g/mol. The van der Waals surface area contributed by atoms with Crippen LogP contribution in [0.2, 0.25) is 18.1 Å². The van der Waals surface area contributed by atoms with Crippen molar-refractivity contribution in [3.63, 3.8) is 0 Å². The molecule has 0 aliphatic heterocycles. The summed E-state index contributed by atoms with van der Waals surface area (Å²) in [7, 11) is -1.66. The maximum Gasteiger partial charge on any atom is 0.191 e. The summed E-state index contributed by atoms with van der Waals surface area (Å²) in [6.45, 7) is 13.0. The minimum atomic E-state index is -1.66. The number of rotatable bonds is 5. The first-order chi connectivity index (χ1) is 10.2. The first-order valence-electron chi connectivity index (χ1n) is 8.44. The summed E-state index contributed by atoms with van der Waals surface area (Å²) >= 11 is 0. The topological polar surface area (TPSA) is 44.1 Å². The Morgan fingerprint density at radius 2 is 1.95 bits per heavy atom. The number of hydrogen-bond acceptors (Lipinski definition) is 3. The lowest BCUT2D eigenvalue weighted by Gasteiger charge is -2.36. The monoisotopic (exact) mass is 322 g/mol. The highest BCUT2D eigenvalue weighted by Crippen LogP contribution is 2.36. The lowest BCUT2D eigenvalue weighted by atomic mass is 10.1. The number of aromatic nitrogens is 2. The molecule has 0 aromatic carbocycles. The number of aryl methyl sites for hydroxylation is 1. The molecule has 0 bridgehead atoms. The molecule has 22 heavy (non-hydrogen) atoms. The second-order valence-corrected chi connectivity index (χ2v) is 12.6. The summed E-state index contributed by atoms with van der Waals surface area (Å²) in [6, 6.07) is 0. The van der Waals surface area contributed by atoms with Gasteiger partial charge in [-0.2, -0.15) is 5.10 Å². The maximum absolute atomic E-state index is 12.0. The summed E-state index contributed by atoms with van der Waals surface area (Å²) in [5, 5.41) is 4.68. The summed E-state index contributed by atoms with van der Waals surface area (Å²) in [5.74, 6) is 0.260. The van der Waals surface area contributed by atoms with Crippen LogP contribution in [0.5, 0.6) is 0 Å². The molecule has 0 spiro atoms. The Kier molecular flexibility index (Phi) is 5.28. The van der Waals surface area contributed by atoms with Crippen molar-refractivity contribution in [2.75, 3.05) is 6.61 Å². The number of ketones is 1. The van der Waals surface area contributed by atoms with Crippen LogP contribution in [0.1, 0.15) is 62.5 Å². The van der Waals surface area contributed by atoms with Crippen LogP contribution in [-0.2, 0) is 17.4 Å². The predicted octanol–water partition coefficient (Wildman–Crippen LogP) is 4.20. The van der Waals surface area contributed by atoms with Gasteiger partial charge < -0.3 is 4.43 Å². The molecule has 0 saturated carbocycles. The zero-order valence-corrected chi connectivity index (χ0v) is 15.7. The van der Waals surface area contributed by atoms with E-state index in [1.54, 1.807) is 6.20 Å². The van der Waals surface area contributed by atoms with Crippen LogP contribution in [-0.4, -0.2) is 30.5 Å². The number of carbonyl (C=O) groups is 1. The van der Waals surface area contributed by atoms with Gasteiger partial charge in [-0.3, -0.25) is 9.48 Å². The van der Waals surface area contributed by atoms with Crippen molar-refractivity contribution in [3.8, 4) is 0 Å². The molecule has 1 aromatic heterocycles. The molecule has 0 unspecified atom stereocenters. The second kappa shape index (κ2) is 6.67. The Balaban J connectivity index is 1.90. The SMILES string of the molecule is CC(C)(C)[Si](C)(C)OCCCn1ncc2c1CCCCC2=O. The normalized spacial score (nSPS) is 16.5. The van der Waals surface area contributed by atoms with Crippen molar-refractivity contribution in [1.82, 2.24) is 9.78 Å². The lowest BCUT2D eigenvalue weighted by molar-refractivity contribution is 0.0982. The summed E-state index contributed by atoms with van der Waals surface area (Å²) in [4.78, 5) is 12.0. The van der Waals surface area contributed by atoms with Gasteiger partial charge in [-0.1, -0.05) is 20.8 Å². The molecule has 0 N–H and O–H groups in total. The Morgan fingerprint density at radius 3 is 2.64 bits per heavy atom. The quantitative estimate of drug-likeness (QED) is 0.463. The number of carbonyl (C=O) groups excluding carboxylic acids is 1. The van der Waals surface area contributed by atoms with Gasteiger partial charge in [0.1, 0.15) is 0 Å². The van der Waals surface area contributed by atoms with Gasteiger partial charge in [0.15, 0.2) is 14.1 Å². The van der Waals surface area contributed by atoms with E-state index in [2.05, 4.69) is 39.0 Å². The molecule has 0 atom stereocenters. The van der Waals surface area contributed by atoms with E-state index in [9.17, 15) is 4.79 Å². The average Bonchev–Trinajstić information content (AvgIpc) is 2.72. The van der Waals surface area contributed by atoms with Gasteiger partial charge in [-0.05, 0) is 43.8 Å². The van der Waals surface area contributed by atoms with Crippen LogP contribution in [0.3, 0.4) is 0 Å². The van der Waals surface area contributed by atoms with Crippen molar-refractivity contribution >= 4 is 14.1 Å². The van der Waals surface area contributed by atoms with E-state index in [1.807, 2.05) is 4.68 Å². The van der Waals surface area contributed by atoms with Crippen molar-refractivity contribution in [3.05, 3.63) is 17.5 Å². The molecule has 0 fully saturated rings. The molecule has 1 aliphatic carbocycles. The molecule has 1 heterocycles. The maximum atomic E-state index is 12.0. The summed E-state index contributed by atoms with van der Waals surface area (Å²) < 4.78 is 8.23. The molecular weight excluding hydrogens is 292 g/mol. The fraction of sp³-hybridized carbons (Fsp3) is 0.765. The van der Waals surface area contributed by atoms with Gasteiger partial charge in [0.2, 0.25) is 0 Å². The molecule has 124 valence electrons. The van der Waals surface area contributed by atoms with Crippen LogP contribution >= 0.6 is 0 Å². The largest absolute Gasteiger partial charge is 0.417 e. The highest BCUT2D eigenvalue weighted by atomic mass is 28.4. The van der Waals surface area contributed by atoms with E-state index in [-0.39, 0.29) is 10.8 Å². The molecule has 0 amide bonds. The van der Waals surface area contributed by atoms with E-state index < -0.39 is 8.32 Å².